The average molecular weight is 375 g/mol. The predicted molar refractivity (Wildman–Crippen MR) is 96.6 cm³/mol. The second-order valence-electron chi connectivity index (χ2n) is 5.78. The van der Waals surface area contributed by atoms with Crippen LogP contribution >= 0.6 is 12.4 Å². The van der Waals surface area contributed by atoms with Gasteiger partial charge < -0.3 is 30.0 Å². The molecule has 1 amide bonds. The predicted octanol–water partition coefficient (Wildman–Crippen LogP) is 1.04. The van der Waals surface area contributed by atoms with Gasteiger partial charge in [0.15, 0.2) is 0 Å². The lowest BCUT2D eigenvalue weighted by Crippen LogP contribution is -2.54. The van der Waals surface area contributed by atoms with Crippen molar-refractivity contribution in [3.05, 3.63) is 23.8 Å². The van der Waals surface area contributed by atoms with Gasteiger partial charge in [0.1, 0.15) is 17.1 Å². The number of hydrogen-bond acceptors (Lipinski definition) is 6. The van der Waals surface area contributed by atoms with Gasteiger partial charge in [-0.25, -0.2) is 0 Å². The third-order valence-corrected chi connectivity index (χ3v) is 4.47. The molecule has 1 saturated heterocycles. The summed E-state index contributed by atoms with van der Waals surface area (Å²) >= 11 is 0. The molecule has 1 aromatic carbocycles. The summed E-state index contributed by atoms with van der Waals surface area (Å²) < 4.78 is 15.9. The summed E-state index contributed by atoms with van der Waals surface area (Å²) in [7, 11) is 4.64. The van der Waals surface area contributed by atoms with Crippen LogP contribution in [0.5, 0.6) is 11.5 Å². The number of nitrogens with one attached hydrogen (secondary N) is 2. The lowest BCUT2D eigenvalue weighted by molar-refractivity contribution is -0.147. The number of carbonyl (C=O) groups is 1. The molecule has 1 heterocycles. The number of aliphatic hydroxyl groups excluding tert-OH is 1. The fraction of sp³-hybridized carbons (Fsp3) is 0.588. The zero-order valence-electron chi connectivity index (χ0n) is 14.8. The van der Waals surface area contributed by atoms with Crippen LogP contribution in [0.3, 0.4) is 0 Å². The summed E-state index contributed by atoms with van der Waals surface area (Å²) in [6.07, 6.45) is 0.302. The number of halogens is 1. The Morgan fingerprint density at radius 3 is 2.52 bits per heavy atom. The van der Waals surface area contributed by atoms with Crippen molar-refractivity contribution < 1.29 is 24.1 Å². The maximum atomic E-state index is 12.5. The highest BCUT2D eigenvalue weighted by Crippen LogP contribution is 2.29. The van der Waals surface area contributed by atoms with Crippen LogP contribution in [0.1, 0.15) is 24.5 Å². The van der Waals surface area contributed by atoms with Crippen molar-refractivity contribution >= 4 is 18.3 Å². The van der Waals surface area contributed by atoms with E-state index in [4.69, 9.17) is 14.2 Å². The van der Waals surface area contributed by atoms with E-state index in [0.717, 1.165) is 13.1 Å². The Balaban J connectivity index is 0.00000312. The van der Waals surface area contributed by atoms with Gasteiger partial charge in [0.25, 0.3) is 5.91 Å². The van der Waals surface area contributed by atoms with Crippen molar-refractivity contribution in [2.24, 2.45) is 0 Å². The Labute approximate surface area is 154 Å². The minimum absolute atomic E-state index is 0. The van der Waals surface area contributed by atoms with Gasteiger partial charge in [0.2, 0.25) is 0 Å². The van der Waals surface area contributed by atoms with Gasteiger partial charge in [-0.2, -0.15) is 0 Å². The summed E-state index contributed by atoms with van der Waals surface area (Å²) in [6, 6.07) is 5.18. The first-order valence-electron chi connectivity index (χ1n) is 8.00. The van der Waals surface area contributed by atoms with E-state index in [0.29, 0.717) is 29.9 Å². The van der Waals surface area contributed by atoms with Crippen LogP contribution in [0.4, 0.5) is 0 Å². The maximum Gasteiger partial charge on any atom is 0.252 e. The Morgan fingerprint density at radius 1 is 1.28 bits per heavy atom. The van der Waals surface area contributed by atoms with Crippen molar-refractivity contribution in [1.82, 2.24) is 10.6 Å². The fourth-order valence-corrected chi connectivity index (χ4v) is 2.91. The first kappa shape index (κ1) is 21.5. The number of carbonyl (C=O) groups excluding carboxylic acids is 1. The van der Waals surface area contributed by atoms with Gasteiger partial charge in [-0.15, -0.1) is 12.4 Å². The third-order valence-electron chi connectivity index (χ3n) is 4.47. The molecule has 0 aliphatic carbocycles. The molecule has 25 heavy (non-hydrogen) atoms. The van der Waals surface area contributed by atoms with Crippen LogP contribution in [0.25, 0.3) is 0 Å². The molecule has 8 heteroatoms. The molecule has 0 spiro atoms. The summed E-state index contributed by atoms with van der Waals surface area (Å²) in [5, 5.41) is 16.5. The molecule has 0 bridgehead atoms. The van der Waals surface area contributed by atoms with Gasteiger partial charge in [0, 0.05) is 19.2 Å². The van der Waals surface area contributed by atoms with Gasteiger partial charge in [-0.1, -0.05) is 0 Å². The van der Waals surface area contributed by atoms with E-state index in [9.17, 15) is 9.90 Å². The van der Waals surface area contributed by atoms with Crippen LogP contribution < -0.4 is 20.1 Å². The van der Waals surface area contributed by atoms with Crippen LogP contribution in [0, 0.1) is 0 Å². The summed E-state index contributed by atoms with van der Waals surface area (Å²) in [4.78, 5) is 12.5. The first-order chi connectivity index (χ1) is 11.6. The van der Waals surface area contributed by atoms with Crippen molar-refractivity contribution in [3.63, 3.8) is 0 Å². The van der Waals surface area contributed by atoms with E-state index in [1.54, 1.807) is 32.4 Å². The van der Waals surface area contributed by atoms with Gasteiger partial charge in [0.05, 0.1) is 20.3 Å². The van der Waals surface area contributed by atoms with Gasteiger partial charge in [-0.05, 0) is 44.1 Å². The van der Waals surface area contributed by atoms with E-state index >= 15 is 0 Å². The highest BCUT2D eigenvalue weighted by atomic mass is 35.5. The minimum Gasteiger partial charge on any atom is -0.497 e. The SMILES string of the molecule is COc1ccc(OC)c(C(O)CNC(=O)C2(OC)CCNCC2)c1.Cl. The van der Waals surface area contributed by atoms with E-state index < -0.39 is 11.7 Å². The lowest BCUT2D eigenvalue weighted by Gasteiger charge is -2.35. The van der Waals surface area contributed by atoms with E-state index in [1.807, 2.05) is 0 Å². The summed E-state index contributed by atoms with van der Waals surface area (Å²) in [5.41, 5.74) is -0.266. The molecule has 0 saturated carbocycles. The van der Waals surface area contributed by atoms with Crippen LogP contribution in [0.2, 0.25) is 0 Å². The standard InChI is InChI=1S/C17H26N2O5.ClH/c1-22-12-4-5-15(23-2)13(10-12)14(20)11-19-16(21)17(24-3)6-8-18-9-7-17;/h4-5,10,14,18,20H,6-9,11H2,1-3H3,(H,19,21);1H. The number of amides is 1. The van der Waals surface area contributed by atoms with Crippen molar-refractivity contribution in [3.8, 4) is 11.5 Å². The Morgan fingerprint density at radius 2 is 1.96 bits per heavy atom. The maximum absolute atomic E-state index is 12.5. The van der Waals surface area contributed by atoms with E-state index in [2.05, 4.69) is 10.6 Å². The smallest absolute Gasteiger partial charge is 0.252 e. The quantitative estimate of drug-likeness (QED) is 0.661. The second-order valence-corrected chi connectivity index (χ2v) is 5.78. The molecule has 3 N–H and O–H groups in total. The summed E-state index contributed by atoms with van der Waals surface area (Å²) in [6.45, 7) is 1.53. The van der Waals surface area contributed by atoms with Gasteiger partial charge >= 0.3 is 0 Å². The topological polar surface area (TPSA) is 89.0 Å². The lowest BCUT2D eigenvalue weighted by atomic mass is 9.91. The largest absolute Gasteiger partial charge is 0.497 e. The number of rotatable bonds is 7. The molecular weight excluding hydrogens is 348 g/mol. The normalized spacial score (nSPS) is 17.1. The van der Waals surface area contributed by atoms with Gasteiger partial charge in [-0.3, -0.25) is 4.79 Å². The Hall–Kier alpha value is -1.54. The zero-order chi connectivity index (χ0) is 17.6. The molecule has 0 aromatic heterocycles. The summed E-state index contributed by atoms with van der Waals surface area (Å²) in [5.74, 6) is 0.955. The van der Waals surface area contributed by atoms with Crippen LogP contribution in [-0.4, -0.2) is 57.6 Å². The number of hydrogen-bond donors (Lipinski definition) is 3. The average Bonchev–Trinajstić information content (AvgIpc) is 2.65. The highest BCUT2D eigenvalue weighted by molar-refractivity contribution is 5.85. The molecule has 2 rings (SSSR count). The molecule has 1 atom stereocenters. The molecular formula is C17H27ClN2O5. The van der Waals surface area contributed by atoms with Crippen LogP contribution in [0.15, 0.2) is 18.2 Å². The molecule has 0 radical (unpaired) electrons. The van der Waals surface area contributed by atoms with Crippen molar-refractivity contribution in [2.45, 2.75) is 24.5 Å². The molecule has 142 valence electrons. The van der Waals surface area contributed by atoms with E-state index in [1.165, 1.54) is 7.11 Å². The van der Waals surface area contributed by atoms with Crippen LogP contribution in [-0.2, 0) is 9.53 Å². The van der Waals surface area contributed by atoms with Crippen molar-refractivity contribution in [1.29, 1.82) is 0 Å². The molecule has 1 unspecified atom stereocenters. The highest BCUT2D eigenvalue weighted by Gasteiger charge is 2.39. The Kier molecular flexibility index (Phi) is 8.44. The molecule has 1 aromatic rings. The number of aliphatic hydroxyl groups is 1. The number of ether oxygens (including phenoxy) is 3. The Bertz CT molecular complexity index is 564. The molecule has 1 aliphatic rings. The molecule has 7 nitrogen and oxygen atoms in total. The zero-order valence-corrected chi connectivity index (χ0v) is 15.6. The van der Waals surface area contributed by atoms with Crippen molar-refractivity contribution in [2.75, 3.05) is 41.0 Å². The first-order valence-corrected chi connectivity index (χ1v) is 8.00. The second kappa shape index (κ2) is 9.82. The monoisotopic (exact) mass is 374 g/mol. The fourth-order valence-electron chi connectivity index (χ4n) is 2.91. The minimum atomic E-state index is -0.908. The number of methoxy groups -OCH3 is 3. The van der Waals surface area contributed by atoms with E-state index in [-0.39, 0.29) is 24.9 Å². The molecule has 1 aliphatic heterocycles. The number of piperidine rings is 1. The molecule has 1 fully saturated rings. The number of benzene rings is 1. The third kappa shape index (κ3) is 4.98.